The van der Waals surface area contributed by atoms with Crippen LogP contribution in [-0.2, 0) is 4.79 Å². The van der Waals surface area contributed by atoms with Crippen LogP contribution < -0.4 is 15.8 Å². The Bertz CT molecular complexity index is 1330. The minimum absolute atomic E-state index is 0.0647. The largest absolute Gasteiger partial charge is 0.482 e. The van der Waals surface area contributed by atoms with Crippen LogP contribution in [0.1, 0.15) is 30.7 Å². The molecule has 3 heterocycles. The number of rotatable bonds is 7. The third kappa shape index (κ3) is 6.31. The summed E-state index contributed by atoms with van der Waals surface area (Å²) in [6.07, 6.45) is 2.44. The number of anilines is 3. The third-order valence-corrected chi connectivity index (χ3v) is 7.61. The van der Waals surface area contributed by atoms with Gasteiger partial charge in [0, 0.05) is 30.4 Å². The lowest BCUT2D eigenvalue weighted by Gasteiger charge is -2.38. The van der Waals surface area contributed by atoms with Crippen LogP contribution >= 0.6 is 0 Å². The Morgan fingerprint density at radius 1 is 1.12 bits per heavy atom. The number of halogens is 2. The van der Waals surface area contributed by atoms with E-state index in [0.29, 0.717) is 23.1 Å². The molecule has 2 aromatic carbocycles. The van der Waals surface area contributed by atoms with Gasteiger partial charge in [0.1, 0.15) is 12.4 Å². The number of likely N-dealkylation sites (tertiary alicyclic amines) is 2. The molecule has 11 heteroatoms. The minimum atomic E-state index is -3.28. The molecule has 2 fully saturated rings. The SMILES string of the molecule is CN1CCC(c2ccc(Nc3nccc(-c4ccc(OC5CCN(C(=O)CO)CC5(F)F)c(N)c4)n3)cc2)CC1. The minimum Gasteiger partial charge on any atom is -0.482 e. The average Bonchev–Trinajstić information content (AvgIpc) is 2.95. The fourth-order valence-corrected chi connectivity index (χ4v) is 5.24. The number of aromatic nitrogens is 2. The second-order valence-corrected chi connectivity index (χ2v) is 10.5. The van der Waals surface area contributed by atoms with Gasteiger partial charge in [0.2, 0.25) is 11.9 Å². The van der Waals surface area contributed by atoms with E-state index < -0.39 is 31.1 Å². The fraction of sp³-hybridized carbons (Fsp3) is 0.414. The molecule has 0 radical (unpaired) electrons. The van der Waals surface area contributed by atoms with Crippen molar-refractivity contribution < 1.29 is 23.4 Å². The molecule has 212 valence electrons. The molecule has 1 atom stereocenters. The van der Waals surface area contributed by atoms with Crippen LogP contribution in [-0.4, -0.2) is 82.6 Å². The molecule has 5 rings (SSSR count). The van der Waals surface area contributed by atoms with Crippen molar-refractivity contribution in [2.45, 2.75) is 37.2 Å². The first kappa shape index (κ1) is 27.7. The van der Waals surface area contributed by atoms with Crippen molar-refractivity contribution in [3.8, 4) is 17.0 Å². The first-order chi connectivity index (χ1) is 19.2. The maximum Gasteiger partial charge on any atom is 0.301 e. The van der Waals surface area contributed by atoms with Crippen molar-refractivity contribution >= 4 is 23.2 Å². The van der Waals surface area contributed by atoms with Gasteiger partial charge in [-0.15, -0.1) is 0 Å². The van der Waals surface area contributed by atoms with Crippen molar-refractivity contribution in [2.75, 3.05) is 50.9 Å². The van der Waals surface area contributed by atoms with E-state index >= 15 is 0 Å². The highest BCUT2D eigenvalue weighted by molar-refractivity contribution is 5.77. The number of amides is 1. The summed E-state index contributed by atoms with van der Waals surface area (Å²) in [5, 5.41) is 12.2. The number of aliphatic hydroxyl groups is 1. The monoisotopic (exact) mass is 552 g/mol. The molecule has 0 bridgehead atoms. The van der Waals surface area contributed by atoms with Crippen molar-refractivity contribution in [2.24, 2.45) is 0 Å². The Hall–Kier alpha value is -3.83. The molecule has 1 unspecified atom stereocenters. The summed E-state index contributed by atoms with van der Waals surface area (Å²) in [5.41, 5.74) is 9.89. The van der Waals surface area contributed by atoms with E-state index in [1.165, 1.54) is 5.56 Å². The molecule has 9 nitrogen and oxygen atoms in total. The highest BCUT2D eigenvalue weighted by Crippen LogP contribution is 2.35. The number of carbonyl (C=O) groups excluding carboxylic acids is 1. The van der Waals surface area contributed by atoms with Crippen LogP contribution in [0.5, 0.6) is 5.75 Å². The molecule has 3 aromatic rings. The fourth-order valence-electron chi connectivity index (χ4n) is 5.24. The molecule has 2 saturated heterocycles. The highest BCUT2D eigenvalue weighted by Gasteiger charge is 2.47. The van der Waals surface area contributed by atoms with E-state index in [-0.39, 0.29) is 24.4 Å². The van der Waals surface area contributed by atoms with Crippen LogP contribution in [0.4, 0.5) is 26.1 Å². The van der Waals surface area contributed by atoms with Crippen LogP contribution in [0, 0.1) is 0 Å². The third-order valence-electron chi connectivity index (χ3n) is 7.61. The second kappa shape index (κ2) is 11.7. The summed E-state index contributed by atoms with van der Waals surface area (Å²) < 4.78 is 34.9. The molecule has 1 amide bonds. The molecular weight excluding hydrogens is 518 g/mol. The van der Waals surface area contributed by atoms with Crippen molar-refractivity contribution in [3.05, 3.63) is 60.3 Å². The second-order valence-electron chi connectivity index (χ2n) is 10.5. The van der Waals surface area contributed by atoms with Crippen LogP contribution in [0.15, 0.2) is 54.7 Å². The van der Waals surface area contributed by atoms with Gasteiger partial charge in [-0.05, 0) is 80.9 Å². The van der Waals surface area contributed by atoms with E-state index in [1.807, 2.05) is 12.1 Å². The molecule has 0 saturated carbocycles. The number of alkyl halides is 2. The number of hydrogen-bond acceptors (Lipinski definition) is 8. The molecule has 2 aliphatic heterocycles. The molecule has 2 aliphatic rings. The molecule has 4 N–H and O–H groups in total. The number of nitrogen functional groups attached to an aromatic ring is 1. The Morgan fingerprint density at radius 3 is 2.55 bits per heavy atom. The number of piperidine rings is 2. The lowest BCUT2D eigenvalue weighted by Crippen LogP contribution is -2.55. The number of ether oxygens (including phenoxy) is 1. The number of aliphatic hydroxyl groups excluding tert-OH is 1. The zero-order valence-corrected chi connectivity index (χ0v) is 22.4. The van der Waals surface area contributed by atoms with Gasteiger partial charge < -0.3 is 30.7 Å². The molecule has 0 spiro atoms. The summed E-state index contributed by atoms with van der Waals surface area (Å²) >= 11 is 0. The number of hydrogen-bond donors (Lipinski definition) is 3. The number of nitrogens with two attached hydrogens (primary N) is 1. The summed E-state index contributed by atoms with van der Waals surface area (Å²) in [6.45, 7) is 0.674. The topological polar surface area (TPSA) is 117 Å². The number of carbonyl (C=O) groups is 1. The van der Waals surface area contributed by atoms with Crippen molar-refractivity contribution in [3.63, 3.8) is 0 Å². The highest BCUT2D eigenvalue weighted by atomic mass is 19.3. The predicted molar refractivity (Wildman–Crippen MR) is 149 cm³/mol. The van der Waals surface area contributed by atoms with Crippen LogP contribution in [0.3, 0.4) is 0 Å². The maximum atomic E-state index is 14.7. The normalized spacial score (nSPS) is 19.8. The number of benzene rings is 2. The van der Waals surface area contributed by atoms with E-state index in [4.69, 9.17) is 15.6 Å². The van der Waals surface area contributed by atoms with Gasteiger partial charge in [-0.25, -0.2) is 18.7 Å². The van der Waals surface area contributed by atoms with E-state index in [1.54, 1.807) is 30.5 Å². The summed E-state index contributed by atoms with van der Waals surface area (Å²) in [4.78, 5) is 23.8. The standard InChI is InChI=1S/C29H34F2N6O3/c1-36-13-9-20(10-14-36)19-2-5-22(6-3-19)34-28-33-12-8-24(35-28)21-4-7-25(23(32)16-21)40-26-11-15-37(27(39)17-38)18-29(26,30)31/h2-8,12,16,20,26,38H,9-11,13-15,17-18,32H2,1H3,(H,33,34,35). The van der Waals surface area contributed by atoms with E-state index in [2.05, 4.69) is 39.4 Å². The Morgan fingerprint density at radius 2 is 1.88 bits per heavy atom. The van der Waals surface area contributed by atoms with Gasteiger partial charge in [-0.1, -0.05) is 12.1 Å². The summed E-state index contributed by atoms with van der Waals surface area (Å²) in [6, 6.07) is 15.0. The van der Waals surface area contributed by atoms with Crippen molar-refractivity contribution in [1.82, 2.24) is 19.8 Å². The average molecular weight is 553 g/mol. The number of nitrogens with one attached hydrogen (secondary N) is 1. The first-order valence-corrected chi connectivity index (χ1v) is 13.4. The van der Waals surface area contributed by atoms with Crippen molar-refractivity contribution in [1.29, 1.82) is 0 Å². The summed E-state index contributed by atoms with van der Waals surface area (Å²) in [5.74, 6) is -2.88. The zero-order chi connectivity index (χ0) is 28.3. The van der Waals surface area contributed by atoms with E-state index in [9.17, 15) is 13.6 Å². The lowest BCUT2D eigenvalue weighted by atomic mass is 9.89. The smallest absolute Gasteiger partial charge is 0.301 e. The van der Waals surface area contributed by atoms with Gasteiger partial charge in [-0.3, -0.25) is 4.79 Å². The van der Waals surface area contributed by atoms with E-state index in [0.717, 1.165) is 36.5 Å². The zero-order valence-electron chi connectivity index (χ0n) is 22.4. The summed E-state index contributed by atoms with van der Waals surface area (Å²) in [7, 11) is 2.16. The Labute approximate surface area is 232 Å². The van der Waals surface area contributed by atoms with Crippen LogP contribution in [0.25, 0.3) is 11.3 Å². The van der Waals surface area contributed by atoms with Gasteiger partial charge in [0.25, 0.3) is 0 Å². The molecule has 40 heavy (non-hydrogen) atoms. The van der Waals surface area contributed by atoms with Gasteiger partial charge in [-0.2, -0.15) is 0 Å². The maximum absolute atomic E-state index is 14.7. The van der Waals surface area contributed by atoms with Gasteiger partial charge >= 0.3 is 5.92 Å². The number of nitrogens with zero attached hydrogens (tertiary/aromatic N) is 4. The van der Waals surface area contributed by atoms with Gasteiger partial charge in [0.05, 0.1) is 17.9 Å². The molecule has 0 aliphatic carbocycles. The predicted octanol–water partition coefficient (Wildman–Crippen LogP) is 3.89. The Kier molecular flexibility index (Phi) is 8.13. The molecule has 1 aromatic heterocycles. The first-order valence-electron chi connectivity index (χ1n) is 13.4. The lowest BCUT2D eigenvalue weighted by molar-refractivity contribution is -0.161. The Balaban J connectivity index is 1.23. The van der Waals surface area contributed by atoms with Gasteiger partial charge in [0.15, 0.2) is 6.10 Å². The molecular formula is C29H34F2N6O3. The quantitative estimate of drug-likeness (QED) is 0.378. The van der Waals surface area contributed by atoms with Crippen LogP contribution in [0.2, 0.25) is 0 Å².